The van der Waals surface area contributed by atoms with E-state index in [0.717, 1.165) is 19.3 Å². The quantitative estimate of drug-likeness (QED) is 0.0520. The lowest BCUT2D eigenvalue weighted by Gasteiger charge is -2.26. The number of hydrogen-bond acceptors (Lipinski definition) is 8. The van der Waals surface area contributed by atoms with Gasteiger partial charge in [0.2, 0.25) is 0 Å². The van der Waals surface area contributed by atoms with Crippen molar-refractivity contribution in [3.05, 3.63) is 0 Å². The van der Waals surface area contributed by atoms with Gasteiger partial charge in [-0.3, -0.25) is 4.79 Å². The Morgan fingerprint density at radius 2 is 0.946 bits per heavy atom. The van der Waals surface area contributed by atoms with Crippen molar-refractivity contribution in [3.63, 3.8) is 0 Å². The first-order valence-electron chi connectivity index (χ1n) is 13.2. The molecule has 0 aromatic heterocycles. The van der Waals surface area contributed by atoms with Crippen molar-refractivity contribution < 1.29 is 57.9 Å². The highest BCUT2D eigenvalue weighted by Gasteiger charge is 2.30. The Labute approximate surface area is 221 Å². The first kappa shape index (κ1) is 38.8. The molecule has 7 N–H and O–H groups in total. The predicted octanol–water partition coefficient (Wildman–Crippen LogP) is 3.94. The highest BCUT2D eigenvalue weighted by atomic mass is 31.3. The first-order chi connectivity index (χ1) is 17.3. The van der Waals surface area contributed by atoms with Gasteiger partial charge in [0.15, 0.2) is 0 Å². The number of rotatable bonds is 23. The van der Waals surface area contributed by atoms with Crippen LogP contribution in [0.1, 0.15) is 110 Å². The number of carbonyl (C=O) groups is 1. The Bertz CT molecular complexity index is 603. The second-order valence-corrected chi connectivity index (χ2v) is 12.0. The molecule has 12 nitrogen and oxygen atoms in total. The van der Waals surface area contributed by atoms with Crippen molar-refractivity contribution in [2.45, 2.75) is 110 Å². The number of hydrogen-bond donors (Lipinski definition) is 7. The molecule has 0 spiro atoms. The fourth-order valence-electron chi connectivity index (χ4n) is 3.37. The number of ether oxygens (including phenoxy) is 1. The summed E-state index contributed by atoms with van der Waals surface area (Å²) < 4.78 is 27.3. The van der Waals surface area contributed by atoms with E-state index < -0.39 is 40.9 Å². The van der Waals surface area contributed by atoms with Crippen molar-refractivity contribution in [2.24, 2.45) is 5.41 Å². The summed E-state index contributed by atoms with van der Waals surface area (Å²) in [7, 11) is -10.1. The minimum Gasteiger partial charge on any atom is -0.465 e. The zero-order chi connectivity index (χ0) is 28.6. The van der Waals surface area contributed by atoms with Gasteiger partial charge in [0, 0.05) is 6.42 Å². The summed E-state index contributed by atoms with van der Waals surface area (Å²) in [5.74, 6) is -0.325. The van der Waals surface area contributed by atoms with Crippen molar-refractivity contribution in [2.75, 3.05) is 26.4 Å². The number of unbranched alkanes of at least 4 members (excludes halogenated alkanes) is 14. The molecule has 0 unspecified atom stereocenters. The van der Waals surface area contributed by atoms with Crippen LogP contribution in [0.15, 0.2) is 0 Å². The molecule has 0 atom stereocenters. The van der Waals surface area contributed by atoms with Crippen LogP contribution < -0.4 is 0 Å². The number of phosphoric acid groups is 2. The van der Waals surface area contributed by atoms with Gasteiger partial charge in [0.1, 0.15) is 6.61 Å². The Kier molecular flexibility index (Phi) is 24.6. The van der Waals surface area contributed by atoms with E-state index in [1.54, 1.807) is 0 Å². The van der Waals surface area contributed by atoms with E-state index in [1.807, 2.05) is 0 Å². The Morgan fingerprint density at radius 3 is 1.22 bits per heavy atom. The number of carbonyl (C=O) groups excluding carboxylic acids is 1. The first-order valence-corrected chi connectivity index (χ1v) is 16.2. The van der Waals surface area contributed by atoms with E-state index in [9.17, 15) is 29.2 Å². The molecule has 0 aliphatic rings. The topological polar surface area (TPSA) is 211 Å². The highest BCUT2D eigenvalue weighted by Crippen LogP contribution is 2.53. The summed E-state index contributed by atoms with van der Waals surface area (Å²) >= 11 is 0. The van der Waals surface area contributed by atoms with Crippen molar-refractivity contribution >= 4 is 21.6 Å². The van der Waals surface area contributed by atoms with Gasteiger partial charge in [0.25, 0.3) is 0 Å². The Balaban J connectivity index is 0. The lowest BCUT2D eigenvalue weighted by molar-refractivity contribution is -0.151. The van der Waals surface area contributed by atoms with Crippen LogP contribution in [0.4, 0.5) is 0 Å². The summed E-state index contributed by atoms with van der Waals surface area (Å²) in [5, 5.41) is 27.6. The fourth-order valence-corrected chi connectivity index (χ4v) is 4.48. The Hall–Kier alpha value is -0.390. The lowest BCUT2D eigenvalue weighted by atomic mass is 9.93. The van der Waals surface area contributed by atoms with Gasteiger partial charge >= 0.3 is 21.6 Å². The van der Waals surface area contributed by atoms with Crippen molar-refractivity contribution in [3.8, 4) is 0 Å². The minimum atomic E-state index is -5.05. The Morgan fingerprint density at radius 1 is 0.622 bits per heavy atom. The zero-order valence-corrected chi connectivity index (χ0v) is 24.0. The number of aliphatic hydroxyl groups excluding tert-OH is 3. The van der Waals surface area contributed by atoms with Crippen LogP contribution in [0.3, 0.4) is 0 Å². The SMILES string of the molecule is CCCCCCCCCCCCCCCCCC(=O)OCC(CO)(CO)CO.O=P(O)(O)OP(=O)(O)O. The van der Waals surface area contributed by atoms with E-state index in [2.05, 4.69) is 11.2 Å². The molecule has 0 heterocycles. The van der Waals surface area contributed by atoms with Crippen LogP contribution in [0, 0.1) is 5.41 Å². The molecule has 0 radical (unpaired) electrons. The number of aliphatic hydroxyl groups is 3. The smallest absolute Gasteiger partial charge is 0.465 e. The van der Waals surface area contributed by atoms with E-state index in [4.69, 9.17) is 24.3 Å². The molecule has 14 heteroatoms. The lowest BCUT2D eigenvalue weighted by Crippen LogP contribution is -2.39. The molecule has 0 saturated carbocycles. The van der Waals surface area contributed by atoms with Crippen molar-refractivity contribution in [1.29, 1.82) is 0 Å². The summed E-state index contributed by atoms with van der Waals surface area (Å²) in [4.78, 5) is 42.7. The fraction of sp³-hybridized carbons (Fsp3) is 0.957. The molecular formula is C23H50O12P2. The zero-order valence-electron chi connectivity index (χ0n) is 22.2. The maximum Gasteiger partial charge on any atom is 0.478 e. The largest absolute Gasteiger partial charge is 0.478 e. The molecule has 0 bridgehead atoms. The number of esters is 1. The molecule has 0 amide bonds. The maximum absolute atomic E-state index is 11.7. The van der Waals surface area contributed by atoms with Crippen LogP contribution in [0.25, 0.3) is 0 Å². The second-order valence-electron chi connectivity index (χ2n) is 9.40. The van der Waals surface area contributed by atoms with Gasteiger partial charge in [-0.15, -0.1) is 0 Å². The van der Waals surface area contributed by atoms with E-state index in [0.29, 0.717) is 6.42 Å². The van der Waals surface area contributed by atoms with Crippen molar-refractivity contribution in [1.82, 2.24) is 0 Å². The summed E-state index contributed by atoms with van der Waals surface area (Å²) in [6.45, 7) is 0.884. The average Bonchev–Trinajstić information content (AvgIpc) is 2.81. The standard InChI is InChI=1S/C23H46O5.H4O7P2/c1-2-3-4-5-6-7-8-9-10-11-12-13-14-15-16-17-22(27)28-21-23(18-24,19-25)20-26;1-8(2,3)7-9(4,5)6/h24-26H,2-21H2,1H3;(H2,1,2,3)(H2,4,5,6). The molecule has 0 aromatic carbocycles. The molecular weight excluding hydrogens is 530 g/mol. The molecule has 0 rings (SSSR count). The van der Waals surface area contributed by atoms with E-state index in [1.165, 1.54) is 77.0 Å². The van der Waals surface area contributed by atoms with Gasteiger partial charge < -0.3 is 39.6 Å². The minimum absolute atomic E-state index is 0.145. The highest BCUT2D eigenvalue weighted by molar-refractivity contribution is 7.60. The maximum atomic E-state index is 11.7. The molecule has 0 fully saturated rings. The summed E-state index contributed by atoms with van der Waals surface area (Å²) in [6, 6.07) is 0. The second kappa shape index (κ2) is 23.5. The molecule has 0 aliphatic heterocycles. The average molecular weight is 581 g/mol. The van der Waals surface area contributed by atoms with Gasteiger partial charge in [-0.2, -0.15) is 4.31 Å². The third kappa shape index (κ3) is 28.4. The van der Waals surface area contributed by atoms with Crippen LogP contribution in [0.2, 0.25) is 0 Å². The van der Waals surface area contributed by atoms with Crippen LogP contribution in [0.5, 0.6) is 0 Å². The van der Waals surface area contributed by atoms with Gasteiger partial charge in [0.05, 0.1) is 25.2 Å². The van der Waals surface area contributed by atoms with E-state index in [-0.39, 0.29) is 12.6 Å². The normalized spacial score (nSPS) is 12.2. The van der Waals surface area contributed by atoms with Gasteiger partial charge in [-0.25, -0.2) is 9.13 Å². The van der Waals surface area contributed by atoms with Gasteiger partial charge in [-0.05, 0) is 6.42 Å². The third-order valence-corrected chi connectivity index (χ3v) is 7.44. The monoisotopic (exact) mass is 580 g/mol. The molecule has 0 aromatic rings. The van der Waals surface area contributed by atoms with Crippen LogP contribution in [-0.4, -0.2) is 67.3 Å². The van der Waals surface area contributed by atoms with Crippen LogP contribution >= 0.6 is 15.6 Å². The molecule has 224 valence electrons. The molecule has 0 aliphatic carbocycles. The molecule has 37 heavy (non-hydrogen) atoms. The summed E-state index contributed by atoms with van der Waals surface area (Å²) in [6.07, 6.45) is 19.6. The summed E-state index contributed by atoms with van der Waals surface area (Å²) in [5.41, 5.74) is -1.13. The van der Waals surface area contributed by atoms with Crippen LogP contribution in [-0.2, 0) is 23.0 Å². The van der Waals surface area contributed by atoms with E-state index >= 15 is 0 Å². The predicted molar refractivity (Wildman–Crippen MR) is 139 cm³/mol. The third-order valence-electron chi connectivity index (χ3n) is 5.74. The van der Waals surface area contributed by atoms with Gasteiger partial charge in [-0.1, -0.05) is 96.8 Å². The molecule has 0 saturated heterocycles.